The van der Waals surface area contributed by atoms with E-state index in [9.17, 15) is 14.4 Å². The van der Waals surface area contributed by atoms with Gasteiger partial charge in [0.15, 0.2) is 6.10 Å². The first-order chi connectivity index (χ1) is 16.7. The summed E-state index contributed by atoms with van der Waals surface area (Å²) in [5, 5.41) is 3.31. The maximum Gasteiger partial charge on any atom is 0.339 e. The van der Waals surface area contributed by atoms with Gasteiger partial charge in [0, 0.05) is 22.2 Å². The quantitative estimate of drug-likeness (QED) is 0.396. The highest BCUT2D eigenvalue weighted by Crippen LogP contribution is 2.28. The summed E-state index contributed by atoms with van der Waals surface area (Å²) < 4.78 is 5.53. The average Bonchev–Trinajstić information content (AvgIpc) is 2.83. The van der Waals surface area contributed by atoms with Gasteiger partial charge in [-0.15, -0.1) is 0 Å². The molecule has 0 spiro atoms. The highest BCUT2D eigenvalue weighted by Gasteiger charge is 2.22. The van der Waals surface area contributed by atoms with Gasteiger partial charge in [0.05, 0.1) is 16.8 Å². The Bertz CT molecular complexity index is 1440. The van der Waals surface area contributed by atoms with Gasteiger partial charge in [-0.2, -0.15) is 0 Å². The molecule has 7 nitrogen and oxygen atoms in total. The standard InChI is InChI=1S/C28H25N3O4/c1-16-8-13-21(17(2)14-16)25-15-23(22-6-4-5-7-24(22)31-25)28(34)35-18(3)27(33)30-20-11-9-19(10-12-20)26(29)32/h4-15,18H,1-3H3,(H2,29,32)(H,30,33). The number of nitrogens with one attached hydrogen (secondary N) is 1. The molecule has 3 N–H and O–H groups in total. The number of hydrogen-bond acceptors (Lipinski definition) is 5. The van der Waals surface area contributed by atoms with Crippen molar-refractivity contribution in [1.29, 1.82) is 0 Å². The van der Waals surface area contributed by atoms with E-state index in [1.807, 2.05) is 44.2 Å². The van der Waals surface area contributed by atoms with Crippen LogP contribution >= 0.6 is 0 Å². The van der Waals surface area contributed by atoms with Gasteiger partial charge in [0.2, 0.25) is 5.91 Å². The number of ether oxygens (including phenoxy) is 1. The number of aromatic nitrogens is 1. The zero-order valence-corrected chi connectivity index (χ0v) is 19.7. The first-order valence-electron chi connectivity index (χ1n) is 11.1. The first-order valence-corrected chi connectivity index (χ1v) is 11.1. The van der Waals surface area contributed by atoms with Crippen LogP contribution in [0.5, 0.6) is 0 Å². The lowest BCUT2D eigenvalue weighted by molar-refractivity contribution is -0.123. The SMILES string of the molecule is Cc1ccc(-c2cc(C(=O)OC(C)C(=O)Nc3ccc(C(N)=O)cc3)c3ccccc3n2)c(C)c1. The van der Waals surface area contributed by atoms with Crippen LogP contribution in [-0.2, 0) is 9.53 Å². The number of nitrogens with zero attached hydrogens (tertiary/aromatic N) is 1. The van der Waals surface area contributed by atoms with Gasteiger partial charge >= 0.3 is 5.97 Å². The lowest BCUT2D eigenvalue weighted by Crippen LogP contribution is -2.30. The number of amides is 2. The molecule has 0 radical (unpaired) electrons. The third-order valence-electron chi connectivity index (χ3n) is 5.68. The molecule has 1 aromatic heterocycles. The van der Waals surface area contributed by atoms with E-state index in [1.54, 1.807) is 24.3 Å². The van der Waals surface area contributed by atoms with Crippen LogP contribution in [0.4, 0.5) is 5.69 Å². The van der Waals surface area contributed by atoms with Crippen molar-refractivity contribution in [3.05, 3.63) is 95.1 Å². The molecule has 0 fully saturated rings. The van der Waals surface area contributed by atoms with E-state index in [-0.39, 0.29) is 0 Å². The van der Waals surface area contributed by atoms with E-state index in [4.69, 9.17) is 15.5 Å². The van der Waals surface area contributed by atoms with E-state index in [1.165, 1.54) is 19.1 Å². The summed E-state index contributed by atoms with van der Waals surface area (Å²) in [5.41, 5.74) is 10.8. The number of aryl methyl sites for hydroxylation is 2. The highest BCUT2D eigenvalue weighted by molar-refractivity contribution is 6.06. The van der Waals surface area contributed by atoms with Crippen molar-refractivity contribution in [3.63, 3.8) is 0 Å². The average molecular weight is 468 g/mol. The van der Waals surface area contributed by atoms with Crippen LogP contribution in [0.2, 0.25) is 0 Å². The summed E-state index contributed by atoms with van der Waals surface area (Å²) >= 11 is 0. The fraction of sp³-hybridized carbons (Fsp3) is 0.143. The summed E-state index contributed by atoms with van der Waals surface area (Å²) in [5.74, 6) is -1.69. The Balaban J connectivity index is 1.59. The van der Waals surface area contributed by atoms with E-state index in [0.717, 1.165) is 16.7 Å². The maximum atomic E-state index is 13.2. The number of nitrogens with two attached hydrogens (primary N) is 1. The van der Waals surface area contributed by atoms with Crippen LogP contribution in [0.15, 0.2) is 72.8 Å². The lowest BCUT2D eigenvalue weighted by atomic mass is 9.99. The Kier molecular flexibility index (Phi) is 6.59. The van der Waals surface area contributed by atoms with Crippen LogP contribution in [0, 0.1) is 13.8 Å². The molecule has 0 aliphatic rings. The molecule has 0 aliphatic carbocycles. The van der Waals surface area contributed by atoms with Crippen LogP contribution < -0.4 is 11.1 Å². The van der Waals surface area contributed by atoms with E-state index in [2.05, 4.69) is 11.4 Å². The third kappa shape index (κ3) is 5.19. The summed E-state index contributed by atoms with van der Waals surface area (Å²) in [4.78, 5) is 41.8. The number of anilines is 1. The number of fused-ring (bicyclic) bond motifs is 1. The van der Waals surface area contributed by atoms with Gasteiger partial charge in [0.25, 0.3) is 5.91 Å². The number of rotatable bonds is 6. The second kappa shape index (κ2) is 9.77. The molecule has 2 amide bonds. The molecule has 0 bridgehead atoms. The first kappa shape index (κ1) is 23.6. The minimum atomic E-state index is -1.06. The molecule has 0 saturated heterocycles. The minimum Gasteiger partial charge on any atom is -0.449 e. The maximum absolute atomic E-state index is 13.2. The zero-order valence-electron chi connectivity index (χ0n) is 19.7. The number of para-hydroxylation sites is 1. The summed E-state index contributed by atoms with van der Waals surface area (Å²) in [6, 6.07) is 21.2. The Hall–Kier alpha value is -4.52. The predicted octanol–water partition coefficient (Wildman–Crippen LogP) is 4.80. The largest absolute Gasteiger partial charge is 0.449 e. The molecule has 4 aromatic rings. The number of benzene rings is 3. The van der Waals surface area contributed by atoms with Gasteiger partial charge in [0.1, 0.15) is 0 Å². The summed E-state index contributed by atoms with van der Waals surface area (Å²) in [6.45, 7) is 5.52. The van der Waals surface area contributed by atoms with Crippen molar-refractivity contribution in [2.75, 3.05) is 5.32 Å². The number of carbonyl (C=O) groups is 3. The molecule has 3 aromatic carbocycles. The second-order valence-electron chi connectivity index (χ2n) is 8.37. The lowest BCUT2D eigenvalue weighted by Gasteiger charge is -2.16. The molecule has 0 saturated carbocycles. The minimum absolute atomic E-state index is 0.326. The van der Waals surface area contributed by atoms with Crippen molar-refractivity contribution >= 4 is 34.4 Å². The predicted molar refractivity (Wildman–Crippen MR) is 135 cm³/mol. The third-order valence-corrected chi connectivity index (χ3v) is 5.68. The van der Waals surface area contributed by atoms with E-state index in [0.29, 0.717) is 33.4 Å². The molecule has 0 aliphatic heterocycles. The Morgan fingerprint density at radius 1 is 0.943 bits per heavy atom. The second-order valence-corrected chi connectivity index (χ2v) is 8.37. The molecule has 4 rings (SSSR count). The highest BCUT2D eigenvalue weighted by atomic mass is 16.5. The van der Waals surface area contributed by atoms with E-state index < -0.39 is 23.9 Å². The zero-order chi connectivity index (χ0) is 25.1. The van der Waals surface area contributed by atoms with Gasteiger partial charge < -0.3 is 15.8 Å². The summed E-state index contributed by atoms with van der Waals surface area (Å²) in [7, 11) is 0. The molecule has 35 heavy (non-hydrogen) atoms. The van der Waals surface area contributed by atoms with Crippen LogP contribution in [0.1, 0.15) is 38.8 Å². The number of primary amides is 1. The molecule has 1 unspecified atom stereocenters. The topological polar surface area (TPSA) is 111 Å². The van der Waals surface area contributed by atoms with Gasteiger partial charge in [-0.3, -0.25) is 9.59 Å². The van der Waals surface area contributed by atoms with Crippen molar-refractivity contribution in [2.45, 2.75) is 26.9 Å². The molecule has 176 valence electrons. The number of carbonyl (C=O) groups excluding carboxylic acids is 3. The van der Waals surface area contributed by atoms with Crippen molar-refractivity contribution < 1.29 is 19.1 Å². The van der Waals surface area contributed by atoms with E-state index >= 15 is 0 Å². The Morgan fingerprint density at radius 2 is 1.66 bits per heavy atom. The van der Waals surface area contributed by atoms with Gasteiger partial charge in [-0.1, -0.05) is 42.0 Å². The van der Waals surface area contributed by atoms with Crippen LogP contribution in [0.3, 0.4) is 0 Å². The Morgan fingerprint density at radius 3 is 2.34 bits per heavy atom. The monoisotopic (exact) mass is 467 g/mol. The molecule has 1 heterocycles. The Labute approximate surface area is 202 Å². The van der Waals surface area contributed by atoms with Crippen molar-refractivity contribution in [3.8, 4) is 11.3 Å². The summed E-state index contributed by atoms with van der Waals surface area (Å²) in [6.07, 6.45) is -1.06. The number of pyridine rings is 1. The normalized spacial score (nSPS) is 11.6. The van der Waals surface area contributed by atoms with Gasteiger partial charge in [-0.05, 0) is 62.7 Å². The van der Waals surface area contributed by atoms with Crippen molar-refractivity contribution in [2.24, 2.45) is 5.73 Å². The van der Waals surface area contributed by atoms with Crippen LogP contribution in [-0.4, -0.2) is 28.9 Å². The van der Waals surface area contributed by atoms with Crippen molar-refractivity contribution in [1.82, 2.24) is 4.98 Å². The number of hydrogen-bond donors (Lipinski definition) is 2. The molecule has 7 heteroatoms. The molecule has 1 atom stereocenters. The fourth-order valence-electron chi connectivity index (χ4n) is 3.82. The smallest absolute Gasteiger partial charge is 0.339 e. The molecular weight excluding hydrogens is 442 g/mol. The fourth-order valence-corrected chi connectivity index (χ4v) is 3.82. The number of esters is 1. The molecular formula is C28H25N3O4. The van der Waals surface area contributed by atoms with Crippen LogP contribution in [0.25, 0.3) is 22.2 Å². The van der Waals surface area contributed by atoms with Gasteiger partial charge in [-0.25, -0.2) is 9.78 Å².